The highest BCUT2D eigenvalue weighted by atomic mass is 19.1. The fraction of sp³-hybridized carbons (Fsp3) is 0.355. The van der Waals surface area contributed by atoms with E-state index in [9.17, 15) is 4.39 Å². The Morgan fingerprint density at radius 1 is 0.917 bits per heavy atom. The Morgan fingerprint density at radius 3 is 2.19 bits per heavy atom. The number of rotatable bonds is 8. The van der Waals surface area contributed by atoms with Gasteiger partial charge in [0.1, 0.15) is 11.6 Å². The maximum absolute atomic E-state index is 13.7. The lowest BCUT2D eigenvalue weighted by Crippen LogP contribution is -2.36. The van der Waals surface area contributed by atoms with Crippen LogP contribution in [-0.4, -0.2) is 38.8 Å². The molecule has 0 radical (unpaired) electrons. The number of hydrogen-bond acceptors (Lipinski definition) is 4. The van der Waals surface area contributed by atoms with Crippen LogP contribution in [0.3, 0.4) is 0 Å². The minimum absolute atomic E-state index is 0.177. The highest BCUT2D eigenvalue weighted by Gasteiger charge is 2.30. The van der Waals surface area contributed by atoms with E-state index in [1.807, 2.05) is 24.3 Å². The van der Waals surface area contributed by atoms with Gasteiger partial charge in [-0.1, -0.05) is 38.1 Å². The van der Waals surface area contributed by atoms with Crippen molar-refractivity contribution in [2.24, 2.45) is 5.92 Å². The summed E-state index contributed by atoms with van der Waals surface area (Å²) in [7, 11) is 5.04. The summed E-state index contributed by atoms with van der Waals surface area (Å²) in [6.07, 6.45) is 4.10. The van der Waals surface area contributed by atoms with Crippen LogP contribution >= 0.6 is 0 Å². The summed E-state index contributed by atoms with van der Waals surface area (Å²) >= 11 is 0. The first-order valence-corrected chi connectivity index (χ1v) is 12.5. The molecule has 0 saturated heterocycles. The maximum Gasteiger partial charge on any atom is 0.161 e. The third kappa shape index (κ3) is 5.90. The molecule has 0 amide bonds. The maximum atomic E-state index is 13.7. The van der Waals surface area contributed by atoms with E-state index >= 15 is 0 Å². The molecule has 0 bridgehead atoms. The van der Waals surface area contributed by atoms with Crippen molar-refractivity contribution in [3.05, 3.63) is 88.7 Å². The van der Waals surface area contributed by atoms with E-state index in [0.717, 1.165) is 43.0 Å². The summed E-state index contributed by atoms with van der Waals surface area (Å²) in [6.45, 7) is 6.26. The Bertz CT molecular complexity index is 1190. The fourth-order valence-corrected chi connectivity index (χ4v) is 4.98. The molecule has 0 aliphatic carbocycles. The largest absolute Gasteiger partial charge is 0.497 e. The molecule has 3 aromatic rings. The number of halogens is 1. The van der Waals surface area contributed by atoms with E-state index in [1.165, 1.54) is 34.4 Å². The van der Waals surface area contributed by atoms with Gasteiger partial charge in [-0.15, -0.1) is 0 Å². The van der Waals surface area contributed by atoms with Gasteiger partial charge >= 0.3 is 0 Å². The van der Waals surface area contributed by atoms with Gasteiger partial charge < -0.3 is 14.2 Å². The number of nitrogens with zero attached hydrogens (tertiary/aromatic N) is 1. The van der Waals surface area contributed by atoms with Crippen molar-refractivity contribution in [2.45, 2.75) is 39.3 Å². The lowest BCUT2D eigenvalue weighted by Gasteiger charge is -2.33. The van der Waals surface area contributed by atoms with E-state index < -0.39 is 0 Å². The van der Waals surface area contributed by atoms with Crippen LogP contribution in [0, 0.1) is 11.7 Å². The average molecular weight is 490 g/mol. The number of ether oxygens (including phenoxy) is 3. The Balaban J connectivity index is 1.84. The van der Waals surface area contributed by atoms with E-state index in [2.05, 4.69) is 49.1 Å². The molecule has 0 spiro atoms. The van der Waals surface area contributed by atoms with Crippen LogP contribution in [0.1, 0.15) is 42.5 Å². The van der Waals surface area contributed by atoms with Crippen LogP contribution in [0.15, 0.2) is 60.7 Å². The molecular weight excluding hydrogens is 453 g/mol. The Morgan fingerprint density at radius 2 is 1.58 bits per heavy atom. The standard InChI is InChI=1S/C31H36FNO3/c1-21(2)16-29-28(17-22-6-10-25(32)11-7-22)27-19-31(36-5)30(35-4)18-24(27)14-15-33(29)20-23-8-12-26(34-3)13-9-23/h6-13,17-19,21,29H,14-16,20H2,1-5H3/b28-17-. The molecule has 0 saturated carbocycles. The third-order valence-electron chi connectivity index (χ3n) is 6.82. The van der Waals surface area contributed by atoms with Crippen molar-refractivity contribution < 1.29 is 18.6 Å². The van der Waals surface area contributed by atoms with E-state index in [0.29, 0.717) is 11.7 Å². The highest BCUT2D eigenvalue weighted by Crippen LogP contribution is 2.40. The second-order valence-electron chi connectivity index (χ2n) is 9.73. The van der Waals surface area contributed by atoms with Crippen molar-refractivity contribution in [3.63, 3.8) is 0 Å². The van der Waals surface area contributed by atoms with Gasteiger partial charge in [0.05, 0.1) is 21.3 Å². The molecule has 0 fully saturated rings. The topological polar surface area (TPSA) is 30.9 Å². The number of methoxy groups -OCH3 is 3. The van der Waals surface area contributed by atoms with Crippen molar-refractivity contribution in [2.75, 3.05) is 27.9 Å². The van der Waals surface area contributed by atoms with E-state index in [4.69, 9.17) is 14.2 Å². The molecule has 4 rings (SSSR count). The van der Waals surface area contributed by atoms with Crippen molar-refractivity contribution >= 4 is 11.6 Å². The van der Waals surface area contributed by atoms with Crippen LogP contribution < -0.4 is 14.2 Å². The lowest BCUT2D eigenvalue weighted by molar-refractivity contribution is 0.210. The van der Waals surface area contributed by atoms with Crippen molar-refractivity contribution in [3.8, 4) is 17.2 Å². The SMILES string of the molecule is COc1ccc(CN2CCc3cc(OC)c(OC)cc3/C(=C/c3ccc(F)cc3)C2CC(C)C)cc1. The van der Waals surface area contributed by atoms with Gasteiger partial charge in [0.2, 0.25) is 0 Å². The summed E-state index contributed by atoms with van der Waals surface area (Å²) in [6, 6.07) is 19.4. The summed E-state index contributed by atoms with van der Waals surface area (Å²) in [5, 5.41) is 0. The second-order valence-corrected chi connectivity index (χ2v) is 9.73. The van der Waals surface area contributed by atoms with Crippen LogP contribution in [0.5, 0.6) is 17.2 Å². The second kappa shape index (κ2) is 11.6. The van der Waals surface area contributed by atoms with Gasteiger partial charge in [0.15, 0.2) is 11.5 Å². The molecule has 3 aromatic carbocycles. The summed E-state index contributed by atoms with van der Waals surface area (Å²) in [5.74, 6) is 2.57. The monoisotopic (exact) mass is 489 g/mol. The lowest BCUT2D eigenvalue weighted by atomic mass is 9.88. The molecule has 5 heteroatoms. The molecule has 0 N–H and O–H groups in total. The van der Waals surface area contributed by atoms with Gasteiger partial charge in [-0.25, -0.2) is 4.39 Å². The van der Waals surface area contributed by atoms with Gasteiger partial charge in [-0.2, -0.15) is 0 Å². The highest BCUT2D eigenvalue weighted by molar-refractivity contribution is 5.87. The number of fused-ring (bicyclic) bond motifs is 1. The molecule has 1 aliphatic heterocycles. The summed E-state index contributed by atoms with van der Waals surface area (Å²) < 4.78 is 30.4. The molecule has 0 aromatic heterocycles. The van der Waals surface area contributed by atoms with E-state index in [1.54, 1.807) is 21.3 Å². The smallest absolute Gasteiger partial charge is 0.161 e. The zero-order valence-corrected chi connectivity index (χ0v) is 21.9. The fourth-order valence-electron chi connectivity index (χ4n) is 4.98. The predicted octanol–water partition coefficient (Wildman–Crippen LogP) is 6.87. The van der Waals surface area contributed by atoms with Crippen LogP contribution in [-0.2, 0) is 13.0 Å². The van der Waals surface area contributed by atoms with Gasteiger partial charge in [-0.3, -0.25) is 4.90 Å². The first-order chi connectivity index (χ1) is 17.4. The number of benzene rings is 3. The normalized spacial score (nSPS) is 17.1. The quantitative estimate of drug-likeness (QED) is 0.346. The molecule has 1 aliphatic rings. The predicted molar refractivity (Wildman–Crippen MR) is 144 cm³/mol. The van der Waals surface area contributed by atoms with Crippen LogP contribution in [0.2, 0.25) is 0 Å². The first kappa shape index (κ1) is 25.8. The molecule has 1 heterocycles. The zero-order valence-electron chi connectivity index (χ0n) is 21.9. The molecular formula is C31H36FNO3. The van der Waals surface area contributed by atoms with Crippen LogP contribution in [0.25, 0.3) is 11.6 Å². The van der Waals surface area contributed by atoms with Gasteiger partial charge in [0, 0.05) is 19.1 Å². The minimum atomic E-state index is -0.232. The third-order valence-corrected chi connectivity index (χ3v) is 6.82. The van der Waals surface area contributed by atoms with Crippen molar-refractivity contribution in [1.82, 2.24) is 4.90 Å². The molecule has 1 unspecified atom stereocenters. The van der Waals surface area contributed by atoms with Gasteiger partial charge in [0.25, 0.3) is 0 Å². The molecule has 36 heavy (non-hydrogen) atoms. The minimum Gasteiger partial charge on any atom is -0.497 e. The molecule has 4 nitrogen and oxygen atoms in total. The summed E-state index contributed by atoms with van der Waals surface area (Å²) in [5.41, 5.74) is 5.84. The Hall–Kier alpha value is -3.31. The average Bonchev–Trinajstić information content (AvgIpc) is 3.01. The van der Waals surface area contributed by atoms with Crippen molar-refractivity contribution in [1.29, 1.82) is 0 Å². The number of hydrogen-bond donors (Lipinski definition) is 0. The Kier molecular flexibility index (Phi) is 8.32. The van der Waals surface area contributed by atoms with E-state index in [-0.39, 0.29) is 11.9 Å². The first-order valence-electron chi connectivity index (χ1n) is 12.5. The van der Waals surface area contributed by atoms with Crippen LogP contribution in [0.4, 0.5) is 4.39 Å². The summed E-state index contributed by atoms with van der Waals surface area (Å²) in [4.78, 5) is 2.57. The molecule has 190 valence electrons. The molecule has 1 atom stereocenters. The zero-order chi connectivity index (χ0) is 25.7. The Labute approximate surface area is 214 Å². The van der Waals surface area contributed by atoms with Gasteiger partial charge in [-0.05, 0) is 89.1 Å².